The number of amides is 1. The molecule has 26 heavy (non-hydrogen) atoms. The minimum Gasteiger partial charge on any atom is -0.473 e. The molecule has 3 fully saturated rings. The first-order valence-electron chi connectivity index (χ1n) is 10.0. The van der Waals surface area contributed by atoms with Crippen LogP contribution in [0.3, 0.4) is 0 Å². The predicted molar refractivity (Wildman–Crippen MR) is 105 cm³/mol. The summed E-state index contributed by atoms with van der Waals surface area (Å²) < 4.78 is 6.04. The van der Waals surface area contributed by atoms with E-state index in [0.29, 0.717) is 11.4 Å². The van der Waals surface area contributed by atoms with Crippen LogP contribution in [0.25, 0.3) is 0 Å². The molecule has 1 atom stereocenters. The number of nitrogens with zero attached hydrogens (tertiary/aromatic N) is 3. The summed E-state index contributed by atoms with van der Waals surface area (Å²) >= 11 is 1.90. The molecule has 1 amide bonds. The molecule has 0 bridgehead atoms. The Morgan fingerprint density at radius 2 is 1.92 bits per heavy atom. The van der Waals surface area contributed by atoms with Crippen molar-refractivity contribution in [3.8, 4) is 5.88 Å². The first-order chi connectivity index (χ1) is 12.8. The van der Waals surface area contributed by atoms with E-state index in [2.05, 4.69) is 9.88 Å². The molecule has 1 aromatic rings. The Kier molecular flexibility index (Phi) is 6.00. The highest BCUT2D eigenvalue weighted by molar-refractivity contribution is 7.99. The minimum atomic E-state index is 0.0713. The van der Waals surface area contributed by atoms with Crippen LogP contribution < -0.4 is 4.74 Å². The molecule has 2 saturated heterocycles. The van der Waals surface area contributed by atoms with Gasteiger partial charge in [-0.1, -0.05) is 19.3 Å². The number of rotatable bonds is 4. The molecule has 0 radical (unpaired) electrons. The number of ether oxygens (including phenoxy) is 1. The monoisotopic (exact) mass is 375 g/mol. The van der Waals surface area contributed by atoms with Gasteiger partial charge >= 0.3 is 0 Å². The van der Waals surface area contributed by atoms with Gasteiger partial charge in [-0.3, -0.25) is 9.69 Å². The van der Waals surface area contributed by atoms with Crippen molar-refractivity contribution in [1.29, 1.82) is 0 Å². The summed E-state index contributed by atoms with van der Waals surface area (Å²) in [5.41, 5.74) is 0.621. The summed E-state index contributed by atoms with van der Waals surface area (Å²) in [4.78, 5) is 22.0. The number of pyridine rings is 1. The molecule has 1 unspecified atom stereocenters. The van der Waals surface area contributed by atoms with E-state index in [0.717, 1.165) is 50.1 Å². The zero-order valence-electron chi connectivity index (χ0n) is 15.4. The average Bonchev–Trinajstić information content (AvgIpc) is 3.22. The maximum absolute atomic E-state index is 13.1. The van der Waals surface area contributed by atoms with Crippen LogP contribution in [0.15, 0.2) is 18.3 Å². The number of aromatic nitrogens is 1. The van der Waals surface area contributed by atoms with E-state index in [9.17, 15) is 4.79 Å². The lowest BCUT2D eigenvalue weighted by atomic mass is 9.94. The average molecular weight is 376 g/mol. The molecule has 0 aromatic carbocycles. The normalized spacial score (nSPS) is 25.4. The molecule has 1 aromatic heterocycles. The fourth-order valence-electron chi connectivity index (χ4n) is 4.32. The number of carbonyl (C=O) groups is 1. The number of hydrogen-bond acceptors (Lipinski definition) is 5. The Morgan fingerprint density at radius 3 is 2.65 bits per heavy atom. The molecular formula is C20H29N3O2S. The molecule has 3 heterocycles. The van der Waals surface area contributed by atoms with Gasteiger partial charge in [0.15, 0.2) is 0 Å². The third-order valence-electron chi connectivity index (χ3n) is 5.86. The first kappa shape index (κ1) is 18.1. The summed E-state index contributed by atoms with van der Waals surface area (Å²) in [6, 6.07) is 4.43. The van der Waals surface area contributed by atoms with Crippen molar-refractivity contribution in [3.05, 3.63) is 23.9 Å². The largest absolute Gasteiger partial charge is 0.473 e. The number of piperazine rings is 1. The van der Waals surface area contributed by atoms with Crippen LogP contribution >= 0.6 is 11.8 Å². The van der Waals surface area contributed by atoms with Crippen molar-refractivity contribution < 1.29 is 9.53 Å². The second kappa shape index (κ2) is 8.61. The molecule has 2 aliphatic heterocycles. The van der Waals surface area contributed by atoms with Gasteiger partial charge in [-0.05, 0) is 37.1 Å². The standard InChI is InChI=1S/C20H29N3O2S/c24-20(18-7-4-9-21-19(18)25-17-8-14-26-15-17)23-12-10-22(11-13-23)16-5-2-1-3-6-16/h4,7,9,16-17H,1-3,5-6,8,10-15H2. The molecule has 1 saturated carbocycles. The maximum atomic E-state index is 13.1. The molecule has 3 aliphatic rings. The van der Waals surface area contributed by atoms with Gasteiger partial charge < -0.3 is 9.64 Å². The highest BCUT2D eigenvalue weighted by Crippen LogP contribution is 2.26. The fraction of sp³-hybridized carbons (Fsp3) is 0.700. The van der Waals surface area contributed by atoms with Crippen LogP contribution in [0.2, 0.25) is 0 Å². The quantitative estimate of drug-likeness (QED) is 0.809. The van der Waals surface area contributed by atoms with E-state index in [1.807, 2.05) is 28.8 Å². The summed E-state index contributed by atoms with van der Waals surface area (Å²) in [6.45, 7) is 3.60. The molecule has 1 aliphatic carbocycles. The third kappa shape index (κ3) is 4.17. The Bertz CT molecular complexity index is 607. The Hall–Kier alpha value is -1.27. The van der Waals surface area contributed by atoms with Gasteiger partial charge in [0.2, 0.25) is 5.88 Å². The highest BCUT2D eigenvalue weighted by atomic mass is 32.2. The van der Waals surface area contributed by atoms with Crippen molar-refractivity contribution in [2.45, 2.75) is 50.7 Å². The highest BCUT2D eigenvalue weighted by Gasteiger charge is 2.29. The lowest BCUT2D eigenvalue weighted by Gasteiger charge is -2.40. The van der Waals surface area contributed by atoms with Crippen LogP contribution in [-0.2, 0) is 0 Å². The van der Waals surface area contributed by atoms with Crippen LogP contribution in [0, 0.1) is 0 Å². The Balaban J connectivity index is 1.37. The first-order valence-corrected chi connectivity index (χ1v) is 11.2. The Morgan fingerprint density at radius 1 is 1.12 bits per heavy atom. The van der Waals surface area contributed by atoms with Crippen LogP contribution in [0.1, 0.15) is 48.9 Å². The molecule has 5 nitrogen and oxygen atoms in total. The van der Waals surface area contributed by atoms with Crippen LogP contribution in [-0.4, -0.2) is 70.5 Å². The van der Waals surface area contributed by atoms with Gasteiger partial charge in [0, 0.05) is 44.2 Å². The van der Waals surface area contributed by atoms with E-state index in [4.69, 9.17) is 4.74 Å². The SMILES string of the molecule is O=C(c1cccnc1OC1CCSC1)N1CCN(C2CCCCC2)CC1. The van der Waals surface area contributed by atoms with Crippen molar-refractivity contribution in [3.63, 3.8) is 0 Å². The van der Waals surface area contributed by atoms with E-state index < -0.39 is 0 Å². The molecule has 142 valence electrons. The molecule has 0 spiro atoms. The molecule has 4 rings (SSSR count). The van der Waals surface area contributed by atoms with Gasteiger partial charge in [0.25, 0.3) is 5.91 Å². The minimum absolute atomic E-state index is 0.0713. The number of carbonyl (C=O) groups excluding carboxylic acids is 1. The van der Waals surface area contributed by atoms with E-state index >= 15 is 0 Å². The van der Waals surface area contributed by atoms with Gasteiger partial charge in [0.1, 0.15) is 11.7 Å². The lowest BCUT2D eigenvalue weighted by molar-refractivity contribution is 0.0517. The maximum Gasteiger partial charge on any atom is 0.259 e. The van der Waals surface area contributed by atoms with Crippen molar-refractivity contribution in [2.75, 3.05) is 37.7 Å². The Labute approximate surface area is 160 Å². The summed E-state index contributed by atoms with van der Waals surface area (Å²) in [7, 11) is 0. The topological polar surface area (TPSA) is 45.7 Å². The van der Waals surface area contributed by atoms with Gasteiger partial charge in [-0.2, -0.15) is 11.8 Å². The van der Waals surface area contributed by atoms with E-state index in [1.165, 1.54) is 32.1 Å². The smallest absolute Gasteiger partial charge is 0.259 e. The summed E-state index contributed by atoms with van der Waals surface area (Å²) in [5, 5.41) is 0. The number of hydrogen-bond donors (Lipinski definition) is 0. The zero-order valence-corrected chi connectivity index (χ0v) is 16.3. The molecule has 6 heteroatoms. The van der Waals surface area contributed by atoms with Gasteiger partial charge in [0.05, 0.1) is 0 Å². The van der Waals surface area contributed by atoms with Crippen molar-refractivity contribution in [2.24, 2.45) is 0 Å². The van der Waals surface area contributed by atoms with E-state index in [1.54, 1.807) is 6.20 Å². The van der Waals surface area contributed by atoms with Crippen molar-refractivity contribution in [1.82, 2.24) is 14.8 Å². The van der Waals surface area contributed by atoms with Crippen LogP contribution in [0.5, 0.6) is 5.88 Å². The number of thioether (sulfide) groups is 1. The van der Waals surface area contributed by atoms with E-state index in [-0.39, 0.29) is 12.0 Å². The second-order valence-corrected chi connectivity index (χ2v) is 8.73. The second-order valence-electron chi connectivity index (χ2n) is 7.58. The van der Waals surface area contributed by atoms with Crippen LogP contribution in [0.4, 0.5) is 0 Å². The predicted octanol–water partition coefficient (Wildman–Crippen LogP) is 3.06. The summed E-state index contributed by atoms with van der Waals surface area (Å²) in [5.74, 6) is 2.70. The van der Waals surface area contributed by atoms with Gasteiger partial charge in [-0.15, -0.1) is 0 Å². The molecule has 0 N–H and O–H groups in total. The third-order valence-corrected chi connectivity index (χ3v) is 6.99. The summed E-state index contributed by atoms with van der Waals surface area (Å²) in [6.07, 6.45) is 9.70. The van der Waals surface area contributed by atoms with Gasteiger partial charge in [-0.25, -0.2) is 4.98 Å². The fourth-order valence-corrected chi connectivity index (χ4v) is 5.41. The zero-order chi connectivity index (χ0) is 17.8. The van der Waals surface area contributed by atoms with Crippen molar-refractivity contribution >= 4 is 17.7 Å². The lowest BCUT2D eigenvalue weighted by Crippen LogP contribution is -2.52. The molecular weight excluding hydrogens is 346 g/mol.